The molecule has 0 saturated heterocycles. The van der Waals surface area contributed by atoms with E-state index in [9.17, 15) is 4.79 Å². The topological polar surface area (TPSA) is 51.0 Å². The van der Waals surface area contributed by atoms with Crippen molar-refractivity contribution in [3.63, 3.8) is 0 Å². The van der Waals surface area contributed by atoms with Crippen LogP contribution in [0.1, 0.15) is 5.56 Å². The van der Waals surface area contributed by atoms with E-state index in [1.54, 1.807) is 11.9 Å². The molecule has 2 rings (SSSR count). The first-order valence-electron chi connectivity index (χ1n) is 5.33. The third-order valence-electron chi connectivity index (χ3n) is 2.61. The molecule has 0 saturated carbocycles. The van der Waals surface area contributed by atoms with Crippen LogP contribution in [0, 0.1) is 6.92 Å². The number of hydrogen-bond donors (Lipinski definition) is 0. The van der Waals surface area contributed by atoms with Crippen LogP contribution in [0.2, 0.25) is 0 Å². The highest BCUT2D eigenvalue weighted by molar-refractivity contribution is 5.93. The van der Waals surface area contributed by atoms with Gasteiger partial charge in [-0.1, -0.05) is 18.2 Å². The minimum Gasteiger partial charge on any atom is -0.314 e. The van der Waals surface area contributed by atoms with Crippen molar-refractivity contribution in [2.24, 2.45) is 0 Å². The highest BCUT2D eigenvalue weighted by Crippen LogP contribution is 2.17. The Morgan fingerprint density at radius 2 is 2.18 bits per heavy atom. The standard InChI is InChI=1S/C12H14N4O/c1-10-5-3-4-6-11(10)15(2)12(17)7-16-9-13-8-14-16/h3-6,8-9H,7H2,1-2H3. The summed E-state index contributed by atoms with van der Waals surface area (Å²) < 4.78 is 1.51. The lowest BCUT2D eigenvalue weighted by Gasteiger charge is -2.19. The summed E-state index contributed by atoms with van der Waals surface area (Å²) in [6, 6.07) is 7.78. The quantitative estimate of drug-likeness (QED) is 0.797. The molecule has 0 radical (unpaired) electrons. The molecule has 0 atom stereocenters. The molecule has 1 heterocycles. The number of para-hydroxylation sites is 1. The molecule has 0 unspecified atom stereocenters. The van der Waals surface area contributed by atoms with Crippen molar-refractivity contribution < 1.29 is 4.79 Å². The van der Waals surface area contributed by atoms with Crippen molar-refractivity contribution in [3.8, 4) is 0 Å². The third-order valence-corrected chi connectivity index (χ3v) is 2.61. The van der Waals surface area contributed by atoms with Crippen LogP contribution in [0.4, 0.5) is 5.69 Å². The zero-order valence-electron chi connectivity index (χ0n) is 9.87. The van der Waals surface area contributed by atoms with Gasteiger partial charge in [0.2, 0.25) is 5.91 Å². The largest absolute Gasteiger partial charge is 0.314 e. The van der Waals surface area contributed by atoms with Crippen LogP contribution in [-0.4, -0.2) is 27.7 Å². The van der Waals surface area contributed by atoms with E-state index in [1.807, 2.05) is 31.2 Å². The maximum absolute atomic E-state index is 12.0. The Labute approximate surface area is 99.7 Å². The molecule has 0 aliphatic carbocycles. The number of carbonyl (C=O) groups excluding carboxylic acids is 1. The number of rotatable bonds is 3. The number of anilines is 1. The number of likely N-dealkylation sites (N-methyl/N-ethyl adjacent to an activating group) is 1. The maximum atomic E-state index is 12.0. The molecule has 1 aromatic heterocycles. The molecule has 0 aliphatic rings. The van der Waals surface area contributed by atoms with Gasteiger partial charge < -0.3 is 4.90 Å². The van der Waals surface area contributed by atoms with Crippen LogP contribution in [0.25, 0.3) is 0 Å². The molecule has 17 heavy (non-hydrogen) atoms. The van der Waals surface area contributed by atoms with Gasteiger partial charge in [0.05, 0.1) is 0 Å². The van der Waals surface area contributed by atoms with E-state index < -0.39 is 0 Å². The van der Waals surface area contributed by atoms with Crippen LogP contribution in [-0.2, 0) is 11.3 Å². The van der Waals surface area contributed by atoms with Gasteiger partial charge in [-0.25, -0.2) is 9.67 Å². The van der Waals surface area contributed by atoms with Crippen molar-refractivity contribution in [2.45, 2.75) is 13.5 Å². The normalized spacial score (nSPS) is 10.2. The van der Waals surface area contributed by atoms with Gasteiger partial charge in [0.25, 0.3) is 0 Å². The van der Waals surface area contributed by atoms with E-state index in [-0.39, 0.29) is 12.5 Å². The first-order valence-corrected chi connectivity index (χ1v) is 5.33. The lowest BCUT2D eigenvalue weighted by atomic mass is 10.2. The minimum atomic E-state index is -0.0233. The second-order valence-electron chi connectivity index (χ2n) is 3.83. The number of hydrogen-bond acceptors (Lipinski definition) is 3. The van der Waals surface area contributed by atoms with Gasteiger partial charge in [0.1, 0.15) is 19.2 Å². The molecule has 1 amide bonds. The van der Waals surface area contributed by atoms with Gasteiger partial charge in [-0.15, -0.1) is 0 Å². The Morgan fingerprint density at radius 1 is 1.41 bits per heavy atom. The Morgan fingerprint density at radius 3 is 2.82 bits per heavy atom. The lowest BCUT2D eigenvalue weighted by Crippen LogP contribution is -2.30. The fraction of sp³-hybridized carbons (Fsp3) is 0.250. The summed E-state index contributed by atoms with van der Waals surface area (Å²) in [5.74, 6) is -0.0233. The van der Waals surface area contributed by atoms with E-state index in [0.29, 0.717) is 0 Å². The molecule has 88 valence electrons. The summed E-state index contributed by atoms with van der Waals surface area (Å²) in [7, 11) is 1.77. The van der Waals surface area contributed by atoms with Gasteiger partial charge in [-0.05, 0) is 18.6 Å². The molecule has 0 aliphatic heterocycles. The van der Waals surface area contributed by atoms with Crippen molar-refractivity contribution >= 4 is 11.6 Å². The van der Waals surface area contributed by atoms with E-state index in [4.69, 9.17) is 0 Å². The fourth-order valence-corrected chi connectivity index (χ4v) is 1.63. The predicted octanol–water partition coefficient (Wildman–Crippen LogP) is 1.25. The van der Waals surface area contributed by atoms with Crippen molar-refractivity contribution in [3.05, 3.63) is 42.5 Å². The van der Waals surface area contributed by atoms with Gasteiger partial charge in [0.15, 0.2) is 0 Å². The highest BCUT2D eigenvalue weighted by atomic mass is 16.2. The van der Waals surface area contributed by atoms with E-state index in [2.05, 4.69) is 10.1 Å². The molecular weight excluding hydrogens is 216 g/mol. The Balaban J connectivity index is 2.12. The minimum absolute atomic E-state index is 0.0233. The Kier molecular flexibility index (Phi) is 3.18. The van der Waals surface area contributed by atoms with Crippen LogP contribution in [0.15, 0.2) is 36.9 Å². The maximum Gasteiger partial charge on any atom is 0.248 e. The zero-order valence-corrected chi connectivity index (χ0v) is 9.87. The zero-order chi connectivity index (χ0) is 12.3. The van der Waals surface area contributed by atoms with Crippen molar-refractivity contribution in [2.75, 3.05) is 11.9 Å². The summed E-state index contributed by atoms with van der Waals surface area (Å²) in [6.07, 6.45) is 2.95. The second-order valence-corrected chi connectivity index (χ2v) is 3.83. The lowest BCUT2D eigenvalue weighted by molar-refractivity contribution is -0.119. The summed E-state index contributed by atoms with van der Waals surface area (Å²) in [5.41, 5.74) is 1.99. The third kappa shape index (κ3) is 2.50. The molecule has 2 aromatic rings. The summed E-state index contributed by atoms with van der Waals surface area (Å²) in [5, 5.41) is 3.91. The monoisotopic (exact) mass is 230 g/mol. The summed E-state index contributed by atoms with van der Waals surface area (Å²) in [4.78, 5) is 17.4. The predicted molar refractivity (Wildman–Crippen MR) is 64.6 cm³/mol. The van der Waals surface area contributed by atoms with Gasteiger partial charge in [-0.3, -0.25) is 4.79 Å². The molecule has 0 bridgehead atoms. The summed E-state index contributed by atoms with van der Waals surface area (Å²) in [6.45, 7) is 2.18. The van der Waals surface area contributed by atoms with Gasteiger partial charge in [0, 0.05) is 12.7 Å². The van der Waals surface area contributed by atoms with E-state index >= 15 is 0 Å². The number of nitrogens with zero attached hydrogens (tertiary/aromatic N) is 4. The first-order chi connectivity index (χ1) is 8.18. The molecule has 0 spiro atoms. The van der Waals surface area contributed by atoms with Gasteiger partial charge in [-0.2, -0.15) is 5.10 Å². The number of carbonyl (C=O) groups is 1. The van der Waals surface area contributed by atoms with Crippen molar-refractivity contribution in [1.29, 1.82) is 0 Å². The molecule has 0 N–H and O–H groups in total. The fourth-order valence-electron chi connectivity index (χ4n) is 1.63. The van der Waals surface area contributed by atoms with Crippen molar-refractivity contribution in [1.82, 2.24) is 14.8 Å². The Hall–Kier alpha value is -2.17. The smallest absolute Gasteiger partial charge is 0.248 e. The number of amides is 1. The van der Waals surface area contributed by atoms with Gasteiger partial charge >= 0.3 is 0 Å². The highest BCUT2D eigenvalue weighted by Gasteiger charge is 2.13. The van der Waals surface area contributed by atoms with Crippen LogP contribution in [0.3, 0.4) is 0 Å². The number of aromatic nitrogens is 3. The second kappa shape index (κ2) is 4.78. The average Bonchev–Trinajstić information content (AvgIpc) is 2.81. The van der Waals surface area contributed by atoms with Crippen LogP contribution < -0.4 is 4.90 Å². The molecular formula is C12H14N4O. The molecule has 5 heteroatoms. The first kappa shape index (κ1) is 11.3. The number of aryl methyl sites for hydroxylation is 1. The molecule has 1 aromatic carbocycles. The van der Waals surface area contributed by atoms with E-state index in [0.717, 1.165) is 11.3 Å². The van der Waals surface area contributed by atoms with Crippen LogP contribution >= 0.6 is 0 Å². The molecule has 0 fully saturated rings. The van der Waals surface area contributed by atoms with E-state index in [1.165, 1.54) is 17.3 Å². The Bertz CT molecular complexity index is 507. The van der Waals surface area contributed by atoms with Crippen LogP contribution in [0.5, 0.6) is 0 Å². The number of benzene rings is 1. The molecule has 5 nitrogen and oxygen atoms in total. The SMILES string of the molecule is Cc1ccccc1N(C)C(=O)Cn1cncn1. The summed E-state index contributed by atoms with van der Waals surface area (Å²) >= 11 is 0. The average molecular weight is 230 g/mol.